The average Bonchev–Trinajstić information content (AvgIpc) is 3.12. The van der Waals surface area contributed by atoms with Crippen molar-refractivity contribution < 1.29 is 9.53 Å². The van der Waals surface area contributed by atoms with Gasteiger partial charge < -0.3 is 14.6 Å². The normalized spacial score (nSPS) is 12.2. The highest BCUT2D eigenvalue weighted by atomic mass is 16.5. The minimum absolute atomic E-state index is 0.0168. The predicted octanol–water partition coefficient (Wildman–Crippen LogP) is 4.86. The molecule has 148 valence electrons. The first kappa shape index (κ1) is 19.0. The van der Waals surface area contributed by atoms with E-state index in [0.717, 1.165) is 33.4 Å². The fraction of sp³-hybridized carbons (Fsp3) is 0.250. The zero-order chi connectivity index (χ0) is 20.2. The first-order valence-corrected chi connectivity index (χ1v) is 10.0. The van der Waals surface area contributed by atoms with Gasteiger partial charge in [-0.05, 0) is 30.5 Å². The summed E-state index contributed by atoms with van der Waals surface area (Å²) in [7, 11) is 0. The maximum Gasteiger partial charge on any atom is 0.220 e. The fourth-order valence-electron chi connectivity index (χ4n) is 3.64. The maximum atomic E-state index is 11.9. The van der Waals surface area contributed by atoms with Gasteiger partial charge in [-0.15, -0.1) is 0 Å². The van der Waals surface area contributed by atoms with Crippen LogP contribution in [-0.2, 0) is 11.3 Å². The van der Waals surface area contributed by atoms with Gasteiger partial charge in [0.05, 0.1) is 23.6 Å². The number of carbonyl (C=O) groups is 1. The van der Waals surface area contributed by atoms with Crippen LogP contribution in [0.2, 0.25) is 0 Å². The molecule has 4 rings (SSSR count). The molecule has 0 fully saturated rings. The fourth-order valence-corrected chi connectivity index (χ4v) is 3.64. The third kappa shape index (κ3) is 3.94. The zero-order valence-corrected chi connectivity index (χ0v) is 16.8. The molecule has 1 N–H and O–H groups in total. The Labute approximate surface area is 170 Å². The second-order valence-corrected chi connectivity index (χ2v) is 7.08. The minimum Gasteiger partial charge on any atom is -0.491 e. The second kappa shape index (κ2) is 8.35. The van der Waals surface area contributed by atoms with Crippen molar-refractivity contribution in [3.63, 3.8) is 0 Å². The Morgan fingerprint density at radius 2 is 1.83 bits per heavy atom. The number of para-hydroxylation sites is 2. The lowest BCUT2D eigenvalue weighted by atomic mass is 10.1. The first-order valence-electron chi connectivity index (χ1n) is 10.0. The predicted molar refractivity (Wildman–Crippen MR) is 116 cm³/mol. The molecule has 0 aliphatic rings. The number of nitrogens with one attached hydrogen (secondary N) is 1. The van der Waals surface area contributed by atoms with Crippen LogP contribution in [0.3, 0.4) is 0 Å². The molecule has 0 saturated carbocycles. The van der Waals surface area contributed by atoms with Gasteiger partial charge in [0.25, 0.3) is 0 Å². The van der Waals surface area contributed by atoms with E-state index in [2.05, 4.69) is 34.1 Å². The molecule has 0 aliphatic carbocycles. The van der Waals surface area contributed by atoms with Crippen LogP contribution in [0.15, 0.2) is 66.7 Å². The van der Waals surface area contributed by atoms with Crippen molar-refractivity contribution in [1.82, 2.24) is 14.9 Å². The SMILES string of the molecule is CCC(=O)NC(C)c1nc2ccccc2n1CCOc1cccc2ccccc12. The molecule has 1 aromatic heterocycles. The summed E-state index contributed by atoms with van der Waals surface area (Å²) in [5, 5.41) is 5.28. The Balaban J connectivity index is 1.58. The monoisotopic (exact) mass is 387 g/mol. The Hall–Kier alpha value is -3.34. The van der Waals surface area contributed by atoms with Crippen LogP contribution < -0.4 is 10.1 Å². The summed E-state index contributed by atoms with van der Waals surface area (Å²) in [6, 6.07) is 22.2. The van der Waals surface area contributed by atoms with E-state index in [4.69, 9.17) is 9.72 Å². The lowest BCUT2D eigenvalue weighted by molar-refractivity contribution is -0.121. The van der Waals surface area contributed by atoms with Crippen LogP contribution in [0.4, 0.5) is 0 Å². The number of aromatic nitrogens is 2. The Morgan fingerprint density at radius 1 is 1.07 bits per heavy atom. The molecule has 3 aromatic carbocycles. The number of benzene rings is 3. The van der Waals surface area contributed by atoms with Gasteiger partial charge in [-0.25, -0.2) is 4.98 Å². The third-order valence-electron chi connectivity index (χ3n) is 5.09. The van der Waals surface area contributed by atoms with E-state index in [1.165, 1.54) is 0 Å². The summed E-state index contributed by atoms with van der Waals surface area (Å²) >= 11 is 0. The summed E-state index contributed by atoms with van der Waals surface area (Å²) in [5.41, 5.74) is 1.96. The number of carbonyl (C=O) groups excluding carboxylic acids is 1. The number of hydrogen-bond acceptors (Lipinski definition) is 3. The molecule has 5 nitrogen and oxygen atoms in total. The van der Waals surface area contributed by atoms with Gasteiger partial charge in [-0.1, -0.05) is 55.5 Å². The molecule has 1 amide bonds. The molecule has 29 heavy (non-hydrogen) atoms. The summed E-state index contributed by atoms with van der Waals surface area (Å²) in [6.07, 6.45) is 0.453. The Kier molecular flexibility index (Phi) is 5.47. The minimum atomic E-state index is -0.174. The first-order chi connectivity index (χ1) is 14.2. The number of fused-ring (bicyclic) bond motifs is 2. The zero-order valence-electron chi connectivity index (χ0n) is 16.8. The van der Waals surface area contributed by atoms with Gasteiger partial charge in [-0.3, -0.25) is 4.79 Å². The molecule has 4 aromatic rings. The van der Waals surface area contributed by atoms with Crippen LogP contribution in [0.5, 0.6) is 5.75 Å². The van der Waals surface area contributed by atoms with Crippen LogP contribution in [0.25, 0.3) is 21.8 Å². The van der Waals surface area contributed by atoms with Gasteiger partial charge in [0.2, 0.25) is 5.91 Å². The molecular weight excluding hydrogens is 362 g/mol. The van der Waals surface area contributed by atoms with Gasteiger partial charge in [0, 0.05) is 11.8 Å². The van der Waals surface area contributed by atoms with E-state index < -0.39 is 0 Å². The highest BCUT2D eigenvalue weighted by Crippen LogP contribution is 2.26. The molecule has 5 heteroatoms. The maximum absolute atomic E-state index is 11.9. The van der Waals surface area contributed by atoms with Gasteiger partial charge in [-0.2, -0.15) is 0 Å². The Morgan fingerprint density at radius 3 is 2.69 bits per heavy atom. The van der Waals surface area contributed by atoms with Crippen molar-refractivity contribution in [2.75, 3.05) is 6.61 Å². The molecule has 1 atom stereocenters. The molecular formula is C24H25N3O2. The average molecular weight is 387 g/mol. The lowest BCUT2D eigenvalue weighted by Crippen LogP contribution is -2.28. The van der Waals surface area contributed by atoms with Gasteiger partial charge >= 0.3 is 0 Å². The largest absolute Gasteiger partial charge is 0.491 e. The van der Waals surface area contributed by atoms with E-state index in [0.29, 0.717) is 19.6 Å². The van der Waals surface area contributed by atoms with Crippen LogP contribution in [0, 0.1) is 0 Å². The van der Waals surface area contributed by atoms with E-state index in [9.17, 15) is 4.79 Å². The van der Waals surface area contributed by atoms with Crippen molar-refractivity contribution in [3.05, 3.63) is 72.6 Å². The van der Waals surface area contributed by atoms with Crippen molar-refractivity contribution in [1.29, 1.82) is 0 Å². The number of imidazole rings is 1. The molecule has 0 radical (unpaired) electrons. The van der Waals surface area contributed by atoms with E-state index in [-0.39, 0.29) is 11.9 Å². The number of nitrogens with zero attached hydrogens (tertiary/aromatic N) is 2. The molecule has 0 saturated heterocycles. The second-order valence-electron chi connectivity index (χ2n) is 7.08. The van der Waals surface area contributed by atoms with E-state index >= 15 is 0 Å². The molecule has 0 bridgehead atoms. The summed E-state index contributed by atoms with van der Waals surface area (Å²) in [6.45, 7) is 4.97. The van der Waals surface area contributed by atoms with Crippen molar-refractivity contribution in [3.8, 4) is 5.75 Å². The van der Waals surface area contributed by atoms with Crippen molar-refractivity contribution >= 4 is 27.7 Å². The highest BCUT2D eigenvalue weighted by Gasteiger charge is 2.18. The van der Waals surface area contributed by atoms with Crippen LogP contribution in [-0.4, -0.2) is 22.1 Å². The molecule has 1 heterocycles. The number of ether oxygens (including phenoxy) is 1. The highest BCUT2D eigenvalue weighted by molar-refractivity contribution is 5.88. The smallest absolute Gasteiger partial charge is 0.220 e. The van der Waals surface area contributed by atoms with Gasteiger partial charge in [0.1, 0.15) is 18.2 Å². The van der Waals surface area contributed by atoms with Crippen LogP contribution in [0.1, 0.15) is 32.1 Å². The molecule has 0 aliphatic heterocycles. The van der Waals surface area contributed by atoms with E-state index in [1.54, 1.807) is 0 Å². The lowest BCUT2D eigenvalue weighted by Gasteiger charge is -2.17. The van der Waals surface area contributed by atoms with Crippen molar-refractivity contribution in [2.24, 2.45) is 0 Å². The topological polar surface area (TPSA) is 56.2 Å². The number of rotatable bonds is 7. The number of hydrogen-bond donors (Lipinski definition) is 1. The molecule has 1 unspecified atom stereocenters. The van der Waals surface area contributed by atoms with Crippen LogP contribution >= 0.6 is 0 Å². The standard InChI is InChI=1S/C24H25N3O2/c1-3-23(28)25-17(2)24-26-20-12-6-7-13-21(20)27(24)15-16-29-22-14-8-10-18-9-4-5-11-19(18)22/h4-14,17H,3,15-16H2,1-2H3,(H,25,28). The quantitative estimate of drug-likeness (QED) is 0.493. The van der Waals surface area contributed by atoms with Gasteiger partial charge in [0.15, 0.2) is 0 Å². The van der Waals surface area contributed by atoms with E-state index in [1.807, 2.05) is 56.3 Å². The summed E-state index contributed by atoms with van der Waals surface area (Å²) < 4.78 is 8.28. The number of amides is 1. The summed E-state index contributed by atoms with van der Waals surface area (Å²) in [4.78, 5) is 16.6. The third-order valence-corrected chi connectivity index (χ3v) is 5.09. The Bertz CT molecular complexity index is 1140. The molecule has 0 spiro atoms. The van der Waals surface area contributed by atoms with Crippen molar-refractivity contribution in [2.45, 2.75) is 32.9 Å². The summed E-state index contributed by atoms with van der Waals surface area (Å²) in [5.74, 6) is 1.74.